The number of sulfonamides is 1. The Morgan fingerprint density at radius 1 is 1.00 bits per heavy atom. The summed E-state index contributed by atoms with van der Waals surface area (Å²) >= 11 is 0. The molecule has 0 aromatic heterocycles. The zero-order chi connectivity index (χ0) is 23.7. The summed E-state index contributed by atoms with van der Waals surface area (Å²) < 4.78 is 27.1. The molecule has 32 heavy (non-hydrogen) atoms. The lowest BCUT2D eigenvalue weighted by Gasteiger charge is -2.21. The van der Waals surface area contributed by atoms with Gasteiger partial charge in [-0.15, -0.1) is 0 Å². The highest BCUT2D eigenvalue weighted by molar-refractivity contribution is 7.89. The van der Waals surface area contributed by atoms with E-state index in [1.807, 2.05) is 34.6 Å². The third-order valence-electron chi connectivity index (χ3n) is 5.42. The van der Waals surface area contributed by atoms with Gasteiger partial charge in [-0.05, 0) is 75.2 Å². The minimum Gasteiger partial charge on any atom is -0.347 e. The van der Waals surface area contributed by atoms with Gasteiger partial charge < -0.3 is 10.2 Å². The fourth-order valence-corrected chi connectivity index (χ4v) is 5.30. The number of amides is 2. The molecule has 1 aliphatic rings. The summed E-state index contributed by atoms with van der Waals surface area (Å²) in [5.74, 6) is -0.365. The molecule has 0 spiro atoms. The fraction of sp³-hybridized carbons (Fsp3) is 0.417. The highest BCUT2D eigenvalue weighted by atomic mass is 32.2. The summed E-state index contributed by atoms with van der Waals surface area (Å²) in [6.45, 7) is 10.6. The van der Waals surface area contributed by atoms with Crippen LogP contribution in [-0.2, 0) is 16.4 Å². The number of nitrogens with one attached hydrogen (secondary N) is 1. The molecule has 0 radical (unpaired) electrons. The van der Waals surface area contributed by atoms with Crippen LogP contribution in [0, 0.1) is 0 Å². The first kappa shape index (κ1) is 23.9. The molecule has 2 aromatic rings. The van der Waals surface area contributed by atoms with E-state index in [2.05, 4.69) is 5.32 Å². The Bertz CT molecular complexity index is 1110. The van der Waals surface area contributed by atoms with Crippen molar-refractivity contribution in [2.24, 2.45) is 0 Å². The molecule has 0 bridgehead atoms. The molecule has 0 fully saturated rings. The SMILES string of the molecule is CCN(CC)S(=O)(=O)c1ccc2c(c1)CCN2C(=O)c1ccc(C(=O)NC(C)(C)C)cc1. The van der Waals surface area contributed by atoms with Crippen LogP contribution in [0.2, 0.25) is 0 Å². The molecule has 1 heterocycles. The van der Waals surface area contributed by atoms with Crippen molar-refractivity contribution in [3.63, 3.8) is 0 Å². The van der Waals surface area contributed by atoms with Crippen LogP contribution in [0.3, 0.4) is 0 Å². The van der Waals surface area contributed by atoms with Crippen LogP contribution in [0.4, 0.5) is 5.69 Å². The Morgan fingerprint density at radius 3 is 2.16 bits per heavy atom. The van der Waals surface area contributed by atoms with E-state index < -0.39 is 10.0 Å². The van der Waals surface area contributed by atoms with Crippen molar-refractivity contribution < 1.29 is 18.0 Å². The molecule has 8 heteroatoms. The minimum absolute atomic E-state index is 0.175. The first-order chi connectivity index (χ1) is 15.0. The van der Waals surface area contributed by atoms with Crippen molar-refractivity contribution in [2.45, 2.75) is 51.5 Å². The van der Waals surface area contributed by atoms with Crippen LogP contribution in [0.1, 0.15) is 60.9 Å². The Kier molecular flexibility index (Phi) is 6.76. The Labute approximate surface area is 190 Å². The molecule has 0 saturated carbocycles. The second-order valence-corrected chi connectivity index (χ2v) is 10.8. The van der Waals surface area contributed by atoms with Gasteiger partial charge in [-0.3, -0.25) is 9.59 Å². The molecule has 2 amide bonds. The van der Waals surface area contributed by atoms with Crippen LogP contribution >= 0.6 is 0 Å². The van der Waals surface area contributed by atoms with Crippen molar-refractivity contribution in [1.82, 2.24) is 9.62 Å². The molecule has 0 aliphatic carbocycles. The van der Waals surface area contributed by atoms with Gasteiger partial charge in [-0.1, -0.05) is 13.8 Å². The first-order valence-electron chi connectivity index (χ1n) is 10.9. The lowest BCUT2D eigenvalue weighted by atomic mass is 10.1. The molecule has 1 N–H and O–H groups in total. The average Bonchev–Trinajstić information content (AvgIpc) is 3.16. The molecule has 0 atom stereocenters. The zero-order valence-corrected chi connectivity index (χ0v) is 20.1. The second kappa shape index (κ2) is 9.03. The number of fused-ring (bicyclic) bond motifs is 1. The van der Waals surface area contributed by atoms with Crippen molar-refractivity contribution in [2.75, 3.05) is 24.5 Å². The van der Waals surface area contributed by atoms with Gasteiger partial charge in [-0.2, -0.15) is 4.31 Å². The predicted octanol–water partition coefficient (Wildman–Crippen LogP) is 3.45. The Morgan fingerprint density at radius 2 is 1.59 bits per heavy atom. The van der Waals surface area contributed by atoms with E-state index in [-0.39, 0.29) is 22.2 Å². The van der Waals surface area contributed by atoms with E-state index in [1.54, 1.807) is 47.4 Å². The molecule has 1 aliphatic heterocycles. The van der Waals surface area contributed by atoms with Gasteiger partial charge in [0.05, 0.1) is 4.90 Å². The summed E-state index contributed by atoms with van der Waals surface area (Å²) in [5.41, 5.74) is 2.19. The standard InChI is InChI=1S/C24H31N3O4S/c1-6-26(7-2)32(30,31)20-12-13-21-19(16-20)14-15-27(21)23(29)18-10-8-17(9-11-18)22(28)25-24(3,4)5/h8-13,16H,6-7,14-15H2,1-5H3,(H,25,28). The van der Waals surface area contributed by atoms with Crippen LogP contribution in [0.15, 0.2) is 47.4 Å². The minimum atomic E-state index is -3.55. The summed E-state index contributed by atoms with van der Waals surface area (Å²) in [5, 5.41) is 2.90. The molecule has 0 saturated heterocycles. The number of carbonyl (C=O) groups excluding carboxylic acids is 2. The summed E-state index contributed by atoms with van der Waals surface area (Å²) in [7, 11) is -3.55. The highest BCUT2D eigenvalue weighted by Gasteiger charge is 2.29. The number of benzene rings is 2. The van der Waals surface area contributed by atoms with E-state index in [0.717, 1.165) is 11.3 Å². The molecule has 7 nitrogen and oxygen atoms in total. The maximum atomic E-state index is 13.1. The Hall–Kier alpha value is -2.71. The fourth-order valence-electron chi connectivity index (χ4n) is 3.79. The molecular formula is C24H31N3O4S. The number of rotatable bonds is 6. The van der Waals surface area contributed by atoms with Gasteiger partial charge in [-0.25, -0.2) is 8.42 Å². The third kappa shape index (κ3) is 4.86. The van der Waals surface area contributed by atoms with Crippen molar-refractivity contribution in [3.8, 4) is 0 Å². The van der Waals surface area contributed by atoms with E-state index in [4.69, 9.17) is 0 Å². The summed E-state index contributed by atoms with van der Waals surface area (Å²) in [4.78, 5) is 27.3. The lowest BCUT2D eigenvalue weighted by Crippen LogP contribution is -2.40. The number of carbonyl (C=O) groups is 2. The van der Waals surface area contributed by atoms with Crippen molar-refractivity contribution >= 4 is 27.5 Å². The maximum Gasteiger partial charge on any atom is 0.258 e. The van der Waals surface area contributed by atoms with E-state index in [0.29, 0.717) is 37.2 Å². The molecule has 3 rings (SSSR count). The van der Waals surface area contributed by atoms with Crippen LogP contribution in [0.25, 0.3) is 0 Å². The number of hydrogen-bond acceptors (Lipinski definition) is 4. The smallest absolute Gasteiger partial charge is 0.258 e. The summed E-state index contributed by atoms with van der Waals surface area (Å²) in [6, 6.07) is 11.5. The van der Waals surface area contributed by atoms with E-state index >= 15 is 0 Å². The average molecular weight is 458 g/mol. The molecule has 2 aromatic carbocycles. The number of anilines is 1. The topological polar surface area (TPSA) is 86.8 Å². The van der Waals surface area contributed by atoms with Gasteiger partial charge in [0, 0.05) is 42.0 Å². The molecule has 172 valence electrons. The first-order valence-corrected chi connectivity index (χ1v) is 12.3. The normalized spacial score (nSPS) is 13.9. The monoisotopic (exact) mass is 457 g/mol. The van der Waals surface area contributed by atoms with Gasteiger partial charge in [0.2, 0.25) is 10.0 Å². The van der Waals surface area contributed by atoms with Gasteiger partial charge in [0.1, 0.15) is 0 Å². The van der Waals surface area contributed by atoms with Gasteiger partial charge in [0.15, 0.2) is 0 Å². The number of nitrogens with zero attached hydrogens (tertiary/aromatic N) is 2. The van der Waals surface area contributed by atoms with Crippen LogP contribution < -0.4 is 10.2 Å². The predicted molar refractivity (Wildman–Crippen MR) is 126 cm³/mol. The third-order valence-corrected chi connectivity index (χ3v) is 7.46. The quantitative estimate of drug-likeness (QED) is 0.720. The van der Waals surface area contributed by atoms with Gasteiger partial charge >= 0.3 is 0 Å². The van der Waals surface area contributed by atoms with Crippen LogP contribution in [0.5, 0.6) is 0 Å². The zero-order valence-electron chi connectivity index (χ0n) is 19.3. The highest BCUT2D eigenvalue weighted by Crippen LogP contribution is 2.32. The van der Waals surface area contributed by atoms with Crippen molar-refractivity contribution in [1.29, 1.82) is 0 Å². The molecular weight excluding hydrogens is 426 g/mol. The van der Waals surface area contributed by atoms with Gasteiger partial charge in [0.25, 0.3) is 11.8 Å². The van der Waals surface area contributed by atoms with E-state index in [1.165, 1.54) is 4.31 Å². The second-order valence-electron chi connectivity index (χ2n) is 8.87. The van der Waals surface area contributed by atoms with Crippen LogP contribution in [-0.4, -0.2) is 49.7 Å². The largest absolute Gasteiger partial charge is 0.347 e. The van der Waals surface area contributed by atoms with Crippen molar-refractivity contribution in [3.05, 3.63) is 59.2 Å². The molecule has 0 unspecified atom stereocenters. The maximum absolute atomic E-state index is 13.1. The summed E-state index contributed by atoms with van der Waals surface area (Å²) in [6.07, 6.45) is 0.592. The Balaban J connectivity index is 1.81. The lowest BCUT2D eigenvalue weighted by molar-refractivity contribution is 0.0917. The van der Waals surface area contributed by atoms with E-state index in [9.17, 15) is 18.0 Å². The number of hydrogen-bond donors (Lipinski definition) is 1.